The van der Waals surface area contributed by atoms with Crippen molar-refractivity contribution in [3.63, 3.8) is 0 Å². The highest BCUT2D eigenvalue weighted by molar-refractivity contribution is 6.00. The van der Waals surface area contributed by atoms with Crippen LogP contribution in [0.1, 0.15) is 49.0 Å². The molecule has 0 aliphatic carbocycles. The SMILES string of the molecule is CC(C)(C)OC(=O)NCC(=O)N[C@@H]1CN(C(=O)c2cccn3cncc23)CC[C@H]1c1ccccc1. The predicted octanol–water partition coefficient (Wildman–Crippen LogP) is 2.97. The summed E-state index contributed by atoms with van der Waals surface area (Å²) >= 11 is 0. The van der Waals surface area contributed by atoms with Gasteiger partial charge >= 0.3 is 6.09 Å². The molecule has 0 bridgehead atoms. The van der Waals surface area contributed by atoms with Crippen molar-refractivity contribution < 1.29 is 19.1 Å². The fraction of sp³-hybridized carbons (Fsp3) is 0.385. The van der Waals surface area contributed by atoms with Crippen LogP contribution in [0.5, 0.6) is 0 Å². The zero-order valence-corrected chi connectivity index (χ0v) is 20.2. The molecule has 1 saturated heterocycles. The van der Waals surface area contributed by atoms with E-state index in [-0.39, 0.29) is 30.3 Å². The molecule has 0 unspecified atom stereocenters. The number of likely N-dealkylation sites (tertiary alicyclic amines) is 1. The molecule has 1 fully saturated rings. The van der Waals surface area contributed by atoms with E-state index < -0.39 is 11.7 Å². The molecular formula is C26H31N5O4. The summed E-state index contributed by atoms with van der Waals surface area (Å²) in [6.07, 6.45) is 5.23. The lowest BCUT2D eigenvalue weighted by Crippen LogP contribution is -2.54. The molecular weight excluding hydrogens is 446 g/mol. The number of imidazole rings is 1. The Labute approximate surface area is 204 Å². The summed E-state index contributed by atoms with van der Waals surface area (Å²) in [7, 11) is 0. The summed E-state index contributed by atoms with van der Waals surface area (Å²) in [6.45, 7) is 5.98. The van der Waals surface area contributed by atoms with Crippen LogP contribution in [0.15, 0.2) is 61.2 Å². The first-order valence-electron chi connectivity index (χ1n) is 11.7. The molecule has 0 radical (unpaired) electrons. The zero-order chi connectivity index (χ0) is 25.0. The lowest BCUT2D eigenvalue weighted by atomic mass is 9.85. The fourth-order valence-electron chi connectivity index (χ4n) is 4.41. The number of fused-ring (bicyclic) bond motifs is 1. The first kappa shape index (κ1) is 24.3. The number of hydrogen-bond donors (Lipinski definition) is 2. The smallest absolute Gasteiger partial charge is 0.408 e. The van der Waals surface area contributed by atoms with Crippen molar-refractivity contribution in [1.29, 1.82) is 0 Å². The third-order valence-corrected chi connectivity index (χ3v) is 5.95. The molecule has 9 nitrogen and oxygen atoms in total. The fourth-order valence-corrected chi connectivity index (χ4v) is 4.41. The third kappa shape index (κ3) is 5.98. The molecule has 3 aromatic rings. The van der Waals surface area contributed by atoms with Gasteiger partial charge in [-0.3, -0.25) is 9.59 Å². The molecule has 3 amide bonds. The van der Waals surface area contributed by atoms with Gasteiger partial charge in [0, 0.05) is 25.2 Å². The molecule has 0 spiro atoms. The maximum atomic E-state index is 13.4. The summed E-state index contributed by atoms with van der Waals surface area (Å²) in [5.74, 6) is -0.404. The first-order chi connectivity index (χ1) is 16.7. The van der Waals surface area contributed by atoms with Gasteiger partial charge in [0.25, 0.3) is 5.91 Å². The lowest BCUT2D eigenvalue weighted by molar-refractivity contribution is -0.121. The molecule has 1 aliphatic heterocycles. The third-order valence-electron chi connectivity index (χ3n) is 5.95. The highest BCUT2D eigenvalue weighted by atomic mass is 16.6. The second-order valence-corrected chi connectivity index (χ2v) is 9.69. The average molecular weight is 478 g/mol. The summed E-state index contributed by atoms with van der Waals surface area (Å²) in [5.41, 5.74) is 1.76. The van der Waals surface area contributed by atoms with Crippen LogP contribution in [0.2, 0.25) is 0 Å². The standard InChI is InChI=1S/C26H31N5O4/c1-26(2,3)35-25(34)28-15-23(32)29-21-16-30(13-11-19(21)18-8-5-4-6-9-18)24(33)20-10-7-12-31-17-27-14-22(20)31/h4-10,12,14,17,19,21H,11,13,15-16H2,1-3H3,(H,28,34)(H,29,32)/t19-,21+/m0/s1. The second-order valence-electron chi connectivity index (χ2n) is 9.69. The second kappa shape index (κ2) is 10.2. The van der Waals surface area contributed by atoms with Crippen LogP contribution < -0.4 is 10.6 Å². The molecule has 1 aliphatic rings. The maximum Gasteiger partial charge on any atom is 0.408 e. The van der Waals surface area contributed by atoms with E-state index >= 15 is 0 Å². The zero-order valence-electron chi connectivity index (χ0n) is 20.2. The van der Waals surface area contributed by atoms with Crippen molar-refractivity contribution in [2.24, 2.45) is 0 Å². The number of carbonyl (C=O) groups is 3. The Morgan fingerprint density at radius 1 is 1.11 bits per heavy atom. The number of ether oxygens (including phenoxy) is 1. The number of piperidine rings is 1. The topological polar surface area (TPSA) is 105 Å². The Morgan fingerprint density at radius 2 is 1.89 bits per heavy atom. The van der Waals surface area contributed by atoms with Crippen molar-refractivity contribution >= 4 is 23.4 Å². The van der Waals surface area contributed by atoms with Gasteiger partial charge in [0.05, 0.1) is 29.6 Å². The minimum atomic E-state index is -0.651. The number of hydrogen-bond acceptors (Lipinski definition) is 5. The molecule has 2 aromatic heterocycles. The molecule has 2 atom stereocenters. The van der Waals surface area contributed by atoms with Gasteiger partial charge < -0.3 is 24.7 Å². The minimum absolute atomic E-state index is 0.0384. The molecule has 3 heterocycles. The normalized spacial score (nSPS) is 18.2. The van der Waals surface area contributed by atoms with E-state index in [0.29, 0.717) is 25.1 Å². The van der Waals surface area contributed by atoms with Crippen molar-refractivity contribution in [1.82, 2.24) is 24.9 Å². The number of rotatable bonds is 5. The molecule has 4 rings (SSSR count). The van der Waals surface area contributed by atoms with Crippen molar-refractivity contribution in [2.45, 2.75) is 44.8 Å². The number of carbonyl (C=O) groups excluding carboxylic acids is 3. The van der Waals surface area contributed by atoms with E-state index in [0.717, 1.165) is 11.1 Å². The van der Waals surface area contributed by atoms with Crippen LogP contribution in [-0.4, -0.2) is 63.5 Å². The monoisotopic (exact) mass is 477 g/mol. The molecule has 0 saturated carbocycles. The summed E-state index contributed by atoms with van der Waals surface area (Å²) in [6, 6.07) is 13.3. The number of alkyl carbamates (subject to hydrolysis) is 1. The summed E-state index contributed by atoms with van der Waals surface area (Å²) < 4.78 is 7.02. The number of aromatic nitrogens is 2. The predicted molar refractivity (Wildman–Crippen MR) is 131 cm³/mol. The van der Waals surface area contributed by atoms with E-state index in [4.69, 9.17) is 4.74 Å². The Hall–Kier alpha value is -3.88. The molecule has 1 aromatic carbocycles. The number of nitrogens with one attached hydrogen (secondary N) is 2. The van der Waals surface area contributed by atoms with Crippen LogP contribution in [0.25, 0.3) is 5.52 Å². The van der Waals surface area contributed by atoms with E-state index in [1.165, 1.54) is 0 Å². The average Bonchev–Trinajstić information content (AvgIpc) is 3.31. The highest BCUT2D eigenvalue weighted by Crippen LogP contribution is 2.29. The van der Waals surface area contributed by atoms with E-state index in [1.807, 2.05) is 47.0 Å². The summed E-state index contributed by atoms with van der Waals surface area (Å²) in [5, 5.41) is 5.53. The number of amides is 3. The van der Waals surface area contributed by atoms with Gasteiger partial charge in [-0.25, -0.2) is 9.78 Å². The minimum Gasteiger partial charge on any atom is -0.444 e. The van der Waals surface area contributed by atoms with Crippen molar-refractivity contribution in [3.8, 4) is 0 Å². The van der Waals surface area contributed by atoms with Crippen LogP contribution in [-0.2, 0) is 9.53 Å². The van der Waals surface area contributed by atoms with E-state index in [1.54, 1.807) is 44.3 Å². The van der Waals surface area contributed by atoms with Crippen molar-refractivity contribution in [3.05, 3.63) is 72.3 Å². The molecule has 184 valence electrons. The Morgan fingerprint density at radius 3 is 2.63 bits per heavy atom. The van der Waals surface area contributed by atoms with Crippen LogP contribution >= 0.6 is 0 Å². The molecule has 9 heteroatoms. The van der Waals surface area contributed by atoms with Gasteiger partial charge in [0.15, 0.2) is 0 Å². The largest absolute Gasteiger partial charge is 0.444 e. The van der Waals surface area contributed by atoms with E-state index in [2.05, 4.69) is 15.6 Å². The first-order valence-corrected chi connectivity index (χ1v) is 11.7. The Kier molecular flexibility index (Phi) is 7.04. The highest BCUT2D eigenvalue weighted by Gasteiger charge is 2.34. The van der Waals surface area contributed by atoms with Crippen molar-refractivity contribution in [2.75, 3.05) is 19.6 Å². The Bertz CT molecular complexity index is 1200. The molecule has 2 N–H and O–H groups in total. The number of benzene rings is 1. The maximum absolute atomic E-state index is 13.4. The van der Waals surface area contributed by atoms with Gasteiger partial charge in [0.1, 0.15) is 12.1 Å². The number of nitrogens with zero attached hydrogens (tertiary/aromatic N) is 3. The van der Waals surface area contributed by atoms with E-state index in [9.17, 15) is 14.4 Å². The molecule has 35 heavy (non-hydrogen) atoms. The van der Waals surface area contributed by atoms with Gasteiger partial charge in [-0.05, 0) is 44.9 Å². The quantitative estimate of drug-likeness (QED) is 0.588. The van der Waals surface area contributed by atoms with Gasteiger partial charge in [0.2, 0.25) is 5.91 Å². The van der Waals surface area contributed by atoms with Crippen LogP contribution in [0.4, 0.5) is 4.79 Å². The van der Waals surface area contributed by atoms with Crippen LogP contribution in [0, 0.1) is 0 Å². The lowest BCUT2D eigenvalue weighted by Gasteiger charge is -2.39. The Balaban J connectivity index is 1.48. The van der Waals surface area contributed by atoms with Crippen LogP contribution in [0.3, 0.4) is 0 Å². The number of pyridine rings is 1. The van der Waals surface area contributed by atoms with Gasteiger partial charge in [-0.1, -0.05) is 30.3 Å². The van der Waals surface area contributed by atoms with Gasteiger partial charge in [-0.2, -0.15) is 0 Å². The van der Waals surface area contributed by atoms with Gasteiger partial charge in [-0.15, -0.1) is 0 Å². The summed E-state index contributed by atoms with van der Waals surface area (Å²) in [4.78, 5) is 44.0.